The molecule has 198 valence electrons. The van der Waals surface area contributed by atoms with Gasteiger partial charge in [-0.3, -0.25) is 0 Å². The van der Waals surface area contributed by atoms with E-state index >= 15 is 0 Å². The van der Waals surface area contributed by atoms with Crippen molar-refractivity contribution in [2.45, 2.75) is 32.6 Å². The summed E-state index contributed by atoms with van der Waals surface area (Å²) in [5.41, 5.74) is 13.0. The fourth-order valence-electron chi connectivity index (χ4n) is 8.01. The van der Waals surface area contributed by atoms with Gasteiger partial charge in [0.15, 0.2) is 0 Å². The first kappa shape index (κ1) is 23.1. The summed E-state index contributed by atoms with van der Waals surface area (Å²) in [5.74, 6) is 0. The molecule has 0 spiro atoms. The molecule has 0 N–H and O–H groups in total. The van der Waals surface area contributed by atoms with Gasteiger partial charge in [0.05, 0.1) is 0 Å². The lowest BCUT2D eigenvalue weighted by Crippen LogP contribution is -2.10. The van der Waals surface area contributed by atoms with E-state index in [-0.39, 0.29) is 0 Å². The van der Waals surface area contributed by atoms with Gasteiger partial charge in [-0.05, 0) is 133 Å². The molecule has 0 amide bonds. The maximum absolute atomic E-state index is 2.48. The van der Waals surface area contributed by atoms with Crippen LogP contribution >= 0.6 is 11.3 Å². The summed E-state index contributed by atoms with van der Waals surface area (Å²) in [6.07, 6.45) is 4.85. The van der Waals surface area contributed by atoms with Gasteiger partial charge in [-0.25, -0.2) is 0 Å². The molecule has 8 aromatic rings. The highest BCUT2D eigenvalue weighted by atomic mass is 32.1. The molecule has 0 fully saturated rings. The molecule has 0 bridgehead atoms. The van der Waals surface area contributed by atoms with Crippen LogP contribution in [0.4, 0.5) is 0 Å². The van der Waals surface area contributed by atoms with E-state index < -0.39 is 0 Å². The average Bonchev–Trinajstić information content (AvgIpc) is 3.35. The largest absolute Gasteiger partial charge is 0.135 e. The van der Waals surface area contributed by atoms with Crippen molar-refractivity contribution in [2.24, 2.45) is 0 Å². The standard InChI is InChI=1S/C41H28S/c1-23-20-27(21-25-12-14-28(23)25)40-33-8-4-2-6-31(33)39(32-7-3-5-9-34(32)40)26-13-18-37-36(22-26)41-35-16-11-24-10-15-29(24)30(35)17-19-38(41)42-37/h2-9,11,13,16-22H,10,12,14-15H2,1H3. The second-order valence-corrected chi connectivity index (χ2v) is 13.4. The zero-order valence-corrected chi connectivity index (χ0v) is 24.4. The molecule has 0 aliphatic heterocycles. The lowest BCUT2D eigenvalue weighted by atomic mass is 9.80. The number of aryl methyl sites for hydroxylation is 4. The first-order valence-electron chi connectivity index (χ1n) is 15.2. The second kappa shape index (κ2) is 8.31. The van der Waals surface area contributed by atoms with Gasteiger partial charge in [-0.2, -0.15) is 0 Å². The lowest BCUT2D eigenvalue weighted by Gasteiger charge is -2.24. The van der Waals surface area contributed by atoms with E-state index in [2.05, 4.69) is 110 Å². The number of thiophene rings is 1. The maximum atomic E-state index is 2.48. The molecule has 0 saturated heterocycles. The smallest absolute Gasteiger partial charge is 0.0361 e. The molecule has 0 saturated carbocycles. The van der Waals surface area contributed by atoms with Crippen molar-refractivity contribution in [3.63, 3.8) is 0 Å². The van der Waals surface area contributed by atoms with Crippen LogP contribution in [-0.4, -0.2) is 0 Å². The zero-order chi connectivity index (χ0) is 27.5. The van der Waals surface area contributed by atoms with Crippen molar-refractivity contribution in [3.8, 4) is 22.3 Å². The average molecular weight is 553 g/mol. The Labute approximate surface area is 248 Å². The molecule has 10 rings (SSSR count). The Hall–Kier alpha value is -4.46. The molecule has 0 nitrogen and oxygen atoms in total. The Morgan fingerprint density at radius 2 is 1.10 bits per heavy atom. The highest BCUT2D eigenvalue weighted by molar-refractivity contribution is 7.26. The van der Waals surface area contributed by atoms with E-state index in [1.54, 1.807) is 11.1 Å². The predicted molar refractivity (Wildman–Crippen MR) is 182 cm³/mol. The van der Waals surface area contributed by atoms with Crippen molar-refractivity contribution in [2.75, 3.05) is 0 Å². The summed E-state index contributed by atoms with van der Waals surface area (Å²) in [6, 6.07) is 39.7. The lowest BCUT2D eigenvalue weighted by molar-refractivity contribution is 0.828. The third-order valence-electron chi connectivity index (χ3n) is 10.2. The normalized spacial score (nSPS) is 13.9. The molecule has 42 heavy (non-hydrogen) atoms. The molecule has 0 atom stereocenters. The Kier molecular flexibility index (Phi) is 4.58. The van der Waals surface area contributed by atoms with Gasteiger partial charge in [0, 0.05) is 20.2 Å². The SMILES string of the molecule is Cc1cc(-c2c3ccccc3c(-c3ccc4sc5ccc6c7c(ccc6c5c4c3)CC7)c3ccccc23)cc2c1CC2. The summed E-state index contributed by atoms with van der Waals surface area (Å²) in [4.78, 5) is 0. The summed E-state index contributed by atoms with van der Waals surface area (Å²) in [5, 5.41) is 11.0. The molecule has 1 heteroatoms. The third-order valence-corrected chi connectivity index (χ3v) is 11.3. The fraction of sp³-hybridized carbons (Fsp3) is 0.122. The molecular formula is C41H28S. The number of fused-ring (bicyclic) bond motifs is 10. The Balaban J connectivity index is 1.30. The van der Waals surface area contributed by atoms with Gasteiger partial charge in [-0.15, -0.1) is 11.3 Å². The molecule has 1 aromatic heterocycles. The van der Waals surface area contributed by atoms with Crippen LogP contribution in [0.2, 0.25) is 0 Å². The van der Waals surface area contributed by atoms with Crippen molar-refractivity contribution >= 4 is 63.8 Å². The van der Waals surface area contributed by atoms with E-state index in [1.165, 1.54) is 117 Å². The Bertz CT molecular complexity index is 2400. The van der Waals surface area contributed by atoms with Crippen LogP contribution in [0.15, 0.2) is 103 Å². The van der Waals surface area contributed by atoms with Crippen LogP contribution in [0.3, 0.4) is 0 Å². The van der Waals surface area contributed by atoms with Gasteiger partial charge in [0.2, 0.25) is 0 Å². The van der Waals surface area contributed by atoms with Crippen LogP contribution in [-0.2, 0) is 25.7 Å². The predicted octanol–water partition coefficient (Wildman–Crippen LogP) is 11.4. The molecular weight excluding hydrogens is 525 g/mol. The first-order chi connectivity index (χ1) is 20.7. The molecule has 0 unspecified atom stereocenters. The van der Waals surface area contributed by atoms with Crippen molar-refractivity contribution in [1.29, 1.82) is 0 Å². The second-order valence-electron chi connectivity index (χ2n) is 12.3. The molecule has 0 radical (unpaired) electrons. The van der Waals surface area contributed by atoms with Crippen molar-refractivity contribution in [3.05, 3.63) is 131 Å². The third kappa shape index (κ3) is 3.02. The number of hydrogen-bond acceptors (Lipinski definition) is 1. The molecule has 2 aliphatic rings. The van der Waals surface area contributed by atoms with E-state index in [1.807, 2.05) is 11.3 Å². The number of rotatable bonds is 2. The fourth-order valence-corrected chi connectivity index (χ4v) is 9.11. The molecule has 1 heterocycles. The maximum Gasteiger partial charge on any atom is 0.0361 e. The van der Waals surface area contributed by atoms with Gasteiger partial charge < -0.3 is 0 Å². The minimum absolute atomic E-state index is 1.20. The van der Waals surface area contributed by atoms with Gasteiger partial charge >= 0.3 is 0 Å². The Morgan fingerprint density at radius 3 is 1.74 bits per heavy atom. The summed E-state index contributed by atoms with van der Waals surface area (Å²) in [7, 11) is 0. The minimum atomic E-state index is 1.20. The van der Waals surface area contributed by atoms with E-state index in [4.69, 9.17) is 0 Å². The van der Waals surface area contributed by atoms with Crippen LogP contribution in [0.5, 0.6) is 0 Å². The highest BCUT2D eigenvalue weighted by Crippen LogP contribution is 2.47. The van der Waals surface area contributed by atoms with Crippen LogP contribution < -0.4 is 0 Å². The first-order valence-corrected chi connectivity index (χ1v) is 16.0. The zero-order valence-electron chi connectivity index (χ0n) is 23.6. The topological polar surface area (TPSA) is 0 Å². The summed E-state index contributed by atoms with van der Waals surface area (Å²) < 4.78 is 2.75. The quantitative estimate of drug-likeness (QED) is 0.187. The number of benzene rings is 7. The van der Waals surface area contributed by atoms with Gasteiger partial charge in [0.25, 0.3) is 0 Å². The summed E-state index contributed by atoms with van der Waals surface area (Å²) in [6.45, 7) is 2.29. The monoisotopic (exact) mass is 552 g/mol. The van der Waals surface area contributed by atoms with Crippen molar-refractivity contribution < 1.29 is 0 Å². The van der Waals surface area contributed by atoms with E-state index in [0.29, 0.717) is 0 Å². The summed E-state index contributed by atoms with van der Waals surface area (Å²) >= 11 is 1.92. The van der Waals surface area contributed by atoms with Crippen LogP contribution in [0.25, 0.3) is 74.7 Å². The Morgan fingerprint density at radius 1 is 0.452 bits per heavy atom. The van der Waals surface area contributed by atoms with E-state index in [9.17, 15) is 0 Å². The van der Waals surface area contributed by atoms with Crippen molar-refractivity contribution in [1.82, 2.24) is 0 Å². The molecule has 2 aliphatic carbocycles. The molecule has 7 aromatic carbocycles. The minimum Gasteiger partial charge on any atom is -0.135 e. The van der Waals surface area contributed by atoms with Crippen LogP contribution in [0, 0.1) is 6.92 Å². The van der Waals surface area contributed by atoms with Crippen LogP contribution in [0.1, 0.15) is 27.8 Å². The van der Waals surface area contributed by atoms with Gasteiger partial charge in [-0.1, -0.05) is 84.9 Å². The van der Waals surface area contributed by atoms with Gasteiger partial charge in [0.1, 0.15) is 0 Å². The van der Waals surface area contributed by atoms with E-state index in [0.717, 1.165) is 0 Å². The number of hydrogen-bond donors (Lipinski definition) is 0. The highest BCUT2D eigenvalue weighted by Gasteiger charge is 2.22.